The molecule has 0 saturated carbocycles. The molecule has 0 spiro atoms. The first-order valence-electron chi connectivity index (χ1n) is 6.66. The summed E-state index contributed by atoms with van der Waals surface area (Å²) in [5.74, 6) is 0. The Labute approximate surface area is 117 Å². The summed E-state index contributed by atoms with van der Waals surface area (Å²) in [6, 6.07) is 4.66. The maximum Gasteiger partial charge on any atom is 0.0654 e. The molecule has 0 bridgehead atoms. The molecule has 0 aromatic carbocycles. The zero-order chi connectivity index (χ0) is 12.5. The van der Waals surface area contributed by atoms with Gasteiger partial charge in [0.05, 0.1) is 6.04 Å². The fraction of sp³-hybridized carbons (Fsp3) is 0.467. The molecule has 0 amide bonds. The van der Waals surface area contributed by atoms with E-state index in [4.69, 9.17) is 5.73 Å². The normalized spacial score (nSPS) is 17.2. The van der Waals surface area contributed by atoms with Crippen LogP contribution in [0.3, 0.4) is 0 Å². The van der Waals surface area contributed by atoms with Gasteiger partial charge in [-0.05, 0) is 61.2 Å². The van der Waals surface area contributed by atoms with Crippen molar-refractivity contribution in [3.63, 3.8) is 0 Å². The summed E-state index contributed by atoms with van der Waals surface area (Å²) in [5, 5.41) is 2.20. The molecule has 1 unspecified atom stereocenters. The highest BCUT2D eigenvalue weighted by Gasteiger charge is 2.17. The van der Waals surface area contributed by atoms with E-state index in [0.29, 0.717) is 0 Å². The molecule has 2 heterocycles. The van der Waals surface area contributed by atoms with Crippen LogP contribution in [0.4, 0.5) is 0 Å². The molecule has 2 aromatic rings. The van der Waals surface area contributed by atoms with Gasteiger partial charge in [-0.25, -0.2) is 0 Å². The molecular weight excluding hydrogens is 258 g/mol. The van der Waals surface area contributed by atoms with Gasteiger partial charge < -0.3 is 5.73 Å². The zero-order valence-corrected chi connectivity index (χ0v) is 12.4. The molecule has 1 aliphatic carbocycles. The number of fused-ring (bicyclic) bond motifs is 1. The number of hydrogen-bond acceptors (Lipinski definition) is 3. The van der Waals surface area contributed by atoms with Crippen LogP contribution in [0, 0.1) is 6.92 Å². The van der Waals surface area contributed by atoms with Gasteiger partial charge in [-0.2, -0.15) is 0 Å². The predicted molar refractivity (Wildman–Crippen MR) is 80.7 cm³/mol. The fourth-order valence-corrected chi connectivity index (χ4v) is 4.66. The highest BCUT2D eigenvalue weighted by Crippen LogP contribution is 2.34. The van der Waals surface area contributed by atoms with E-state index in [9.17, 15) is 0 Å². The van der Waals surface area contributed by atoms with Crippen LogP contribution in [0.25, 0.3) is 0 Å². The first-order chi connectivity index (χ1) is 8.74. The molecule has 1 atom stereocenters. The second-order valence-electron chi connectivity index (χ2n) is 5.13. The number of hydrogen-bond donors (Lipinski definition) is 1. The fourth-order valence-electron chi connectivity index (χ4n) is 2.63. The monoisotopic (exact) mass is 277 g/mol. The molecule has 1 nitrogen and oxygen atoms in total. The SMILES string of the molecule is Cc1cc(C(N)c2cc3c(s2)CCCCC3)cs1. The number of thiophene rings is 2. The topological polar surface area (TPSA) is 26.0 Å². The lowest BCUT2D eigenvalue weighted by molar-refractivity contribution is 0.712. The quantitative estimate of drug-likeness (QED) is 0.807. The van der Waals surface area contributed by atoms with Crippen molar-refractivity contribution in [2.24, 2.45) is 5.73 Å². The Bertz CT molecular complexity index is 515. The standard InChI is InChI=1S/C15H19NS2/c1-10-7-12(9-17-10)15(16)14-8-11-5-3-2-4-6-13(11)18-14/h7-9,15H,2-6,16H2,1H3. The van der Waals surface area contributed by atoms with Crippen LogP contribution in [-0.2, 0) is 12.8 Å². The second-order valence-corrected chi connectivity index (χ2v) is 7.41. The third-order valence-electron chi connectivity index (χ3n) is 3.68. The number of aryl methyl sites for hydroxylation is 3. The Balaban J connectivity index is 1.88. The molecule has 0 fully saturated rings. The summed E-state index contributed by atoms with van der Waals surface area (Å²) in [5.41, 5.74) is 9.23. The molecule has 2 N–H and O–H groups in total. The summed E-state index contributed by atoms with van der Waals surface area (Å²) in [7, 11) is 0. The van der Waals surface area contributed by atoms with Crippen LogP contribution in [0.1, 0.15) is 51.1 Å². The van der Waals surface area contributed by atoms with Crippen molar-refractivity contribution in [2.75, 3.05) is 0 Å². The van der Waals surface area contributed by atoms with Gasteiger partial charge in [-0.3, -0.25) is 0 Å². The second kappa shape index (κ2) is 5.16. The van der Waals surface area contributed by atoms with Crippen molar-refractivity contribution in [1.29, 1.82) is 0 Å². The van der Waals surface area contributed by atoms with E-state index >= 15 is 0 Å². The molecule has 96 valence electrons. The van der Waals surface area contributed by atoms with Crippen molar-refractivity contribution in [3.8, 4) is 0 Å². The van der Waals surface area contributed by atoms with Gasteiger partial charge >= 0.3 is 0 Å². The minimum Gasteiger partial charge on any atom is -0.320 e. The molecule has 2 aromatic heterocycles. The third-order valence-corrected chi connectivity index (χ3v) is 5.88. The number of nitrogens with two attached hydrogens (primary N) is 1. The van der Waals surface area contributed by atoms with Gasteiger partial charge in [0.1, 0.15) is 0 Å². The Morgan fingerprint density at radius 3 is 2.78 bits per heavy atom. The van der Waals surface area contributed by atoms with Crippen LogP contribution < -0.4 is 5.73 Å². The minimum atomic E-state index is 0.0758. The van der Waals surface area contributed by atoms with Crippen molar-refractivity contribution in [1.82, 2.24) is 0 Å². The van der Waals surface area contributed by atoms with E-state index in [1.54, 1.807) is 21.8 Å². The molecule has 3 heteroatoms. The highest BCUT2D eigenvalue weighted by molar-refractivity contribution is 7.12. The van der Waals surface area contributed by atoms with Crippen molar-refractivity contribution in [3.05, 3.63) is 43.3 Å². The van der Waals surface area contributed by atoms with Crippen LogP contribution in [0.5, 0.6) is 0 Å². The van der Waals surface area contributed by atoms with Crippen molar-refractivity contribution < 1.29 is 0 Å². The average Bonchev–Trinajstić information content (AvgIpc) is 2.90. The summed E-state index contributed by atoms with van der Waals surface area (Å²) in [6.07, 6.45) is 6.58. The smallest absolute Gasteiger partial charge is 0.0654 e. The maximum atomic E-state index is 6.40. The summed E-state index contributed by atoms with van der Waals surface area (Å²) < 4.78 is 0. The lowest BCUT2D eigenvalue weighted by Gasteiger charge is -2.06. The van der Waals surface area contributed by atoms with Crippen LogP contribution >= 0.6 is 22.7 Å². The van der Waals surface area contributed by atoms with E-state index in [2.05, 4.69) is 24.4 Å². The van der Waals surface area contributed by atoms with E-state index in [-0.39, 0.29) is 6.04 Å². The maximum absolute atomic E-state index is 6.40. The minimum absolute atomic E-state index is 0.0758. The van der Waals surface area contributed by atoms with Gasteiger partial charge in [-0.15, -0.1) is 22.7 Å². The largest absolute Gasteiger partial charge is 0.320 e. The molecule has 0 radical (unpaired) electrons. The van der Waals surface area contributed by atoms with Crippen LogP contribution in [0.15, 0.2) is 17.5 Å². The van der Waals surface area contributed by atoms with Gasteiger partial charge in [-0.1, -0.05) is 6.42 Å². The van der Waals surface area contributed by atoms with Crippen molar-refractivity contribution in [2.45, 2.75) is 45.1 Å². The number of rotatable bonds is 2. The first-order valence-corrected chi connectivity index (χ1v) is 8.36. The molecular formula is C15H19NS2. The van der Waals surface area contributed by atoms with Crippen LogP contribution in [-0.4, -0.2) is 0 Å². The van der Waals surface area contributed by atoms with Crippen LogP contribution in [0.2, 0.25) is 0 Å². The van der Waals surface area contributed by atoms with Gasteiger partial charge in [0, 0.05) is 14.6 Å². The third kappa shape index (κ3) is 2.40. The Hall–Kier alpha value is -0.640. The van der Waals surface area contributed by atoms with Gasteiger partial charge in [0.15, 0.2) is 0 Å². The molecule has 1 aliphatic rings. The van der Waals surface area contributed by atoms with E-state index in [1.165, 1.54) is 47.4 Å². The van der Waals surface area contributed by atoms with Gasteiger partial charge in [0.2, 0.25) is 0 Å². The van der Waals surface area contributed by atoms with E-state index in [1.807, 2.05) is 11.3 Å². The highest BCUT2D eigenvalue weighted by atomic mass is 32.1. The Morgan fingerprint density at radius 2 is 2.00 bits per heavy atom. The molecule has 3 rings (SSSR count). The Morgan fingerprint density at radius 1 is 1.17 bits per heavy atom. The molecule has 0 saturated heterocycles. The molecule has 18 heavy (non-hydrogen) atoms. The van der Waals surface area contributed by atoms with Gasteiger partial charge in [0.25, 0.3) is 0 Å². The lowest BCUT2D eigenvalue weighted by Crippen LogP contribution is -2.08. The summed E-state index contributed by atoms with van der Waals surface area (Å²) in [4.78, 5) is 4.28. The molecule has 0 aliphatic heterocycles. The van der Waals surface area contributed by atoms with E-state index in [0.717, 1.165) is 0 Å². The average molecular weight is 277 g/mol. The Kier molecular flexibility index (Phi) is 3.55. The first kappa shape index (κ1) is 12.4. The predicted octanol–water partition coefficient (Wildman–Crippen LogP) is 4.44. The summed E-state index contributed by atoms with van der Waals surface area (Å²) in [6.45, 7) is 2.14. The zero-order valence-electron chi connectivity index (χ0n) is 10.7. The van der Waals surface area contributed by atoms with Crippen molar-refractivity contribution >= 4 is 22.7 Å². The lowest BCUT2D eigenvalue weighted by atomic mass is 10.1. The summed E-state index contributed by atoms with van der Waals surface area (Å²) >= 11 is 3.73. The van der Waals surface area contributed by atoms with E-state index < -0.39 is 0 Å².